The Kier molecular flexibility index (Phi) is 3.54. The normalized spacial score (nSPS) is 14.7. The molecule has 17 heavy (non-hydrogen) atoms. The Bertz CT molecular complexity index is 425. The molecule has 0 spiro atoms. The quantitative estimate of drug-likeness (QED) is 0.879. The molecular formula is C10H13F2NO3S. The van der Waals surface area contributed by atoms with E-state index in [1.165, 1.54) is 5.38 Å². The molecule has 0 aliphatic carbocycles. The minimum Gasteiger partial charge on any atom is -0.477 e. The van der Waals surface area contributed by atoms with E-state index in [-0.39, 0.29) is 11.1 Å². The number of hydrogen-bond donors (Lipinski definition) is 2. The number of carboxylic acid groups (broad SMARTS) is 1. The Labute approximate surface area is 101 Å². The van der Waals surface area contributed by atoms with Crippen molar-refractivity contribution in [3.05, 3.63) is 16.1 Å². The minimum absolute atomic E-state index is 0.313. The standard InChI is InChI=1S/C10H13F2NO3S/c1-9(2,3)7-13-5(4-17-7)6(14)10(11,12)8(15)16/h4,6,14H,1-3H3,(H,15,16). The van der Waals surface area contributed by atoms with Crippen molar-refractivity contribution < 1.29 is 23.8 Å². The number of halogens is 2. The monoisotopic (exact) mass is 265 g/mol. The number of aliphatic carboxylic acids is 1. The smallest absolute Gasteiger partial charge is 0.377 e. The molecule has 0 saturated carbocycles. The second kappa shape index (κ2) is 4.30. The highest BCUT2D eigenvalue weighted by Crippen LogP contribution is 2.34. The summed E-state index contributed by atoms with van der Waals surface area (Å²) in [5.74, 6) is -6.60. The molecule has 0 aliphatic heterocycles. The van der Waals surface area contributed by atoms with E-state index in [2.05, 4.69) is 4.98 Å². The molecule has 0 aromatic carbocycles. The fraction of sp³-hybridized carbons (Fsp3) is 0.600. The van der Waals surface area contributed by atoms with Gasteiger partial charge in [0.05, 0.1) is 10.7 Å². The van der Waals surface area contributed by atoms with Gasteiger partial charge in [-0.25, -0.2) is 9.78 Å². The maximum atomic E-state index is 13.0. The Morgan fingerprint density at radius 1 is 1.47 bits per heavy atom. The molecule has 1 heterocycles. The fourth-order valence-electron chi connectivity index (χ4n) is 1.06. The lowest BCUT2D eigenvalue weighted by Gasteiger charge is -2.17. The third kappa shape index (κ3) is 2.78. The first-order valence-electron chi connectivity index (χ1n) is 4.82. The molecule has 0 amide bonds. The molecule has 0 radical (unpaired) electrons. The lowest BCUT2D eigenvalue weighted by Crippen LogP contribution is -2.35. The van der Waals surface area contributed by atoms with Crippen molar-refractivity contribution in [3.8, 4) is 0 Å². The van der Waals surface area contributed by atoms with Crippen LogP contribution in [-0.4, -0.2) is 27.1 Å². The average Bonchev–Trinajstić information content (AvgIpc) is 2.63. The van der Waals surface area contributed by atoms with Crippen molar-refractivity contribution in [2.75, 3.05) is 0 Å². The van der Waals surface area contributed by atoms with Crippen LogP contribution in [0.15, 0.2) is 5.38 Å². The second-order valence-electron chi connectivity index (χ2n) is 4.66. The number of thiazole rings is 1. The van der Waals surface area contributed by atoms with Gasteiger partial charge in [0, 0.05) is 10.8 Å². The number of alkyl halides is 2. The molecule has 0 saturated heterocycles. The van der Waals surface area contributed by atoms with Crippen LogP contribution in [0.5, 0.6) is 0 Å². The number of rotatable bonds is 3. The first kappa shape index (κ1) is 14.0. The number of hydrogen-bond acceptors (Lipinski definition) is 4. The fourth-order valence-corrected chi connectivity index (χ4v) is 1.98. The van der Waals surface area contributed by atoms with Crippen molar-refractivity contribution >= 4 is 17.3 Å². The van der Waals surface area contributed by atoms with Crippen molar-refractivity contribution in [1.29, 1.82) is 0 Å². The molecule has 1 rings (SSSR count). The van der Waals surface area contributed by atoms with Gasteiger partial charge in [-0.05, 0) is 0 Å². The van der Waals surface area contributed by atoms with Gasteiger partial charge in [-0.2, -0.15) is 8.78 Å². The second-order valence-corrected chi connectivity index (χ2v) is 5.52. The number of aliphatic hydroxyl groups is 1. The highest BCUT2D eigenvalue weighted by atomic mass is 32.1. The number of carbonyl (C=O) groups is 1. The van der Waals surface area contributed by atoms with E-state index in [1.807, 2.05) is 20.8 Å². The molecule has 1 unspecified atom stereocenters. The molecule has 0 bridgehead atoms. The number of aliphatic hydroxyl groups excluding tert-OH is 1. The predicted octanol–water partition coefficient (Wildman–Crippen LogP) is 2.19. The van der Waals surface area contributed by atoms with Crippen LogP contribution in [0, 0.1) is 0 Å². The number of carboxylic acids is 1. The maximum absolute atomic E-state index is 13.0. The van der Waals surface area contributed by atoms with Gasteiger partial charge in [0.15, 0.2) is 6.10 Å². The molecule has 1 aromatic rings. The number of nitrogens with zero attached hydrogens (tertiary/aromatic N) is 1. The number of aromatic nitrogens is 1. The summed E-state index contributed by atoms with van der Waals surface area (Å²) >= 11 is 1.12. The summed E-state index contributed by atoms with van der Waals surface area (Å²) < 4.78 is 26.1. The summed E-state index contributed by atoms with van der Waals surface area (Å²) in [6, 6.07) is 0. The Morgan fingerprint density at radius 3 is 2.35 bits per heavy atom. The van der Waals surface area contributed by atoms with Crippen LogP contribution < -0.4 is 0 Å². The zero-order chi connectivity index (χ0) is 13.4. The van der Waals surface area contributed by atoms with Gasteiger partial charge in [0.2, 0.25) is 0 Å². The van der Waals surface area contributed by atoms with E-state index in [9.17, 15) is 18.7 Å². The van der Waals surface area contributed by atoms with Gasteiger partial charge in [-0.1, -0.05) is 20.8 Å². The topological polar surface area (TPSA) is 70.4 Å². The van der Waals surface area contributed by atoms with Crippen molar-refractivity contribution in [3.63, 3.8) is 0 Å². The Morgan fingerprint density at radius 2 is 2.00 bits per heavy atom. The summed E-state index contributed by atoms with van der Waals surface area (Å²) in [5, 5.41) is 19.4. The Hall–Kier alpha value is -1.08. The van der Waals surface area contributed by atoms with Crippen LogP contribution in [0.2, 0.25) is 0 Å². The molecule has 1 atom stereocenters. The van der Waals surface area contributed by atoms with E-state index in [0.717, 1.165) is 11.3 Å². The van der Waals surface area contributed by atoms with Gasteiger partial charge >= 0.3 is 11.9 Å². The van der Waals surface area contributed by atoms with E-state index in [0.29, 0.717) is 5.01 Å². The first-order valence-corrected chi connectivity index (χ1v) is 5.70. The summed E-state index contributed by atoms with van der Waals surface area (Å²) in [6.45, 7) is 5.53. The zero-order valence-corrected chi connectivity index (χ0v) is 10.4. The average molecular weight is 265 g/mol. The third-order valence-corrected chi connectivity index (χ3v) is 3.36. The van der Waals surface area contributed by atoms with Crippen LogP contribution in [0.4, 0.5) is 8.78 Å². The molecule has 0 fully saturated rings. The van der Waals surface area contributed by atoms with E-state index in [4.69, 9.17) is 5.11 Å². The third-order valence-electron chi connectivity index (χ3n) is 2.07. The maximum Gasteiger partial charge on any atom is 0.377 e. The van der Waals surface area contributed by atoms with E-state index >= 15 is 0 Å². The summed E-state index contributed by atoms with van der Waals surface area (Å²) in [7, 11) is 0. The van der Waals surface area contributed by atoms with Crippen LogP contribution in [0.1, 0.15) is 37.6 Å². The van der Waals surface area contributed by atoms with Crippen LogP contribution in [-0.2, 0) is 10.2 Å². The zero-order valence-electron chi connectivity index (χ0n) is 9.57. The predicted molar refractivity (Wildman–Crippen MR) is 58.4 cm³/mol. The lowest BCUT2D eigenvalue weighted by atomic mass is 9.98. The highest BCUT2D eigenvalue weighted by Gasteiger charge is 2.49. The van der Waals surface area contributed by atoms with Gasteiger partial charge in [-0.15, -0.1) is 11.3 Å². The summed E-state index contributed by atoms with van der Waals surface area (Å²) in [5.41, 5.74) is -0.645. The molecular weight excluding hydrogens is 252 g/mol. The molecule has 1 aromatic heterocycles. The van der Waals surface area contributed by atoms with Crippen molar-refractivity contribution in [2.24, 2.45) is 0 Å². The van der Waals surface area contributed by atoms with Crippen LogP contribution in [0.3, 0.4) is 0 Å². The minimum atomic E-state index is -4.23. The van der Waals surface area contributed by atoms with E-state index < -0.39 is 18.0 Å². The molecule has 7 heteroatoms. The lowest BCUT2D eigenvalue weighted by molar-refractivity contribution is -0.183. The first-order chi connectivity index (χ1) is 7.56. The Balaban J connectivity index is 3.03. The molecule has 96 valence electrons. The van der Waals surface area contributed by atoms with Gasteiger partial charge in [0.1, 0.15) is 0 Å². The van der Waals surface area contributed by atoms with Crippen LogP contribution >= 0.6 is 11.3 Å². The van der Waals surface area contributed by atoms with Gasteiger partial charge < -0.3 is 10.2 Å². The molecule has 0 aliphatic rings. The molecule has 2 N–H and O–H groups in total. The summed E-state index contributed by atoms with van der Waals surface area (Å²) in [4.78, 5) is 14.2. The van der Waals surface area contributed by atoms with E-state index in [1.54, 1.807) is 0 Å². The highest BCUT2D eigenvalue weighted by molar-refractivity contribution is 7.09. The van der Waals surface area contributed by atoms with Gasteiger partial charge in [-0.3, -0.25) is 0 Å². The SMILES string of the molecule is CC(C)(C)c1nc(C(O)C(F)(F)C(=O)O)cs1. The summed E-state index contributed by atoms with van der Waals surface area (Å²) in [6.07, 6.45) is -2.42. The van der Waals surface area contributed by atoms with Crippen LogP contribution in [0.25, 0.3) is 0 Å². The van der Waals surface area contributed by atoms with Crippen molar-refractivity contribution in [1.82, 2.24) is 4.98 Å². The van der Waals surface area contributed by atoms with Crippen molar-refractivity contribution in [2.45, 2.75) is 38.2 Å². The van der Waals surface area contributed by atoms with Gasteiger partial charge in [0.25, 0.3) is 0 Å². The molecule has 4 nitrogen and oxygen atoms in total. The largest absolute Gasteiger partial charge is 0.477 e.